The van der Waals surface area contributed by atoms with E-state index < -0.39 is 9.84 Å². The van der Waals surface area contributed by atoms with Gasteiger partial charge in [-0.25, -0.2) is 13.4 Å². The highest BCUT2D eigenvalue weighted by Crippen LogP contribution is 2.32. The van der Waals surface area contributed by atoms with E-state index in [0.717, 1.165) is 34.5 Å². The molecule has 0 radical (unpaired) electrons. The third-order valence-electron chi connectivity index (χ3n) is 5.41. The lowest BCUT2D eigenvalue weighted by Gasteiger charge is -2.30. The first-order valence-corrected chi connectivity index (χ1v) is 12.5. The summed E-state index contributed by atoms with van der Waals surface area (Å²) in [5, 5.41) is 1.30. The fourth-order valence-corrected chi connectivity index (χ4v) is 5.69. The summed E-state index contributed by atoms with van der Waals surface area (Å²) in [5.74, 6) is 1.56. The zero-order valence-corrected chi connectivity index (χ0v) is 18.1. The van der Waals surface area contributed by atoms with Gasteiger partial charge in [0.1, 0.15) is 26.9 Å². The third-order valence-corrected chi connectivity index (χ3v) is 7.98. The number of furan rings is 1. The Hall–Kier alpha value is -2.49. The van der Waals surface area contributed by atoms with E-state index in [1.165, 1.54) is 17.6 Å². The molecule has 0 saturated carbocycles. The summed E-state index contributed by atoms with van der Waals surface area (Å²) in [7, 11) is -2.95. The second kappa shape index (κ2) is 7.64. The van der Waals surface area contributed by atoms with Crippen LogP contribution in [0, 0.1) is 0 Å². The zero-order chi connectivity index (χ0) is 20.7. The summed E-state index contributed by atoms with van der Waals surface area (Å²) < 4.78 is 36.4. The Labute approximate surface area is 178 Å². The highest BCUT2D eigenvalue weighted by molar-refractivity contribution is 7.91. The number of hydrogen-bond acceptors (Lipinski definition) is 8. The lowest BCUT2D eigenvalue weighted by atomic mass is 10.1. The topological polar surface area (TPSA) is 85.5 Å². The summed E-state index contributed by atoms with van der Waals surface area (Å²) >= 11 is 1.46. The molecule has 0 atom stereocenters. The van der Waals surface area contributed by atoms with Crippen LogP contribution in [-0.4, -0.2) is 47.9 Å². The molecule has 1 aromatic carbocycles. The van der Waals surface area contributed by atoms with Crippen molar-refractivity contribution in [2.45, 2.75) is 24.6 Å². The molecule has 156 valence electrons. The van der Waals surface area contributed by atoms with Crippen molar-refractivity contribution < 1.29 is 17.6 Å². The van der Waals surface area contributed by atoms with E-state index in [0.29, 0.717) is 36.0 Å². The van der Waals surface area contributed by atoms with Crippen LogP contribution in [0.25, 0.3) is 21.3 Å². The van der Waals surface area contributed by atoms with E-state index in [1.807, 2.05) is 36.4 Å². The number of benzene rings is 1. The van der Waals surface area contributed by atoms with Crippen molar-refractivity contribution >= 4 is 42.5 Å². The van der Waals surface area contributed by atoms with Crippen molar-refractivity contribution in [2.24, 2.45) is 0 Å². The SMILES string of the molecule is CS(=O)(=O)C1CCN(Cc2cc3cc(Oc4nc5ncccc5s4)ccc3o2)CC1. The predicted octanol–water partition coefficient (Wildman–Crippen LogP) is 4.24. The van der Waals surface area contributed by atoms with E-state index in [1.54, 1.807) is 6.20 Å². The normalized spacial score (nSPS) is 16.4. The number of sulfone groups is 1. The maximum atomic E-state index is 11.7. The average molecular weight is 444 g/mol. The molecule has 1 aliphatic rings. The molecule has 1 saturated heterocycles. The van der Waals surface area contributed by atoms with Crippen molar-refractivity contribution in [3.63, 3.8) is 0 Å². The van der Waals surface area contributed by atoms with Crippen molar-refractivity contribution in [3.8, 4) is 10.9 Å². The van der Waals surface area contributed by atoms with Gasteiger partial charge in [0.25, 0.3) is 5.19 Å². The summed E-state index contributed by atoms with van der Waals surface area (Å²) in [6.45, 7) is 2.19. The lowest BCUT2D eigenvalue weighted by Crippen LogP contribution is -2.38. The van der Waals surface area contributed by atoms with Crippen LogP contribution in [0.2, 0.25) is 0 Å². The van der Waals surface area contributed by atoms with Crippen molar-refractivity contribution in [3.05, 3.63) is 48.4 Å². The van der Waals surface area contributed by atoms with E-state index in [9.17, 15) is 8.42 Å². The van der Waals surface area contributed by atoms with E-state index in [2.05, 4.69) is 14.9 Å². The molecule has 1 aliphatic heterocycles. The van der Waals surface area contributed by atoms with Gasteiger partial charge in [-0.3, -0.25) is 4.90 Å². The molecule has 0 bridgehead atoms. The van der Waals surface area contributed by atoms with Crippen LogP contribution >= 0.6 is 11.3 Å². The van der Waals surface area contributed by atoms with Crippen molar-refractivity contribution in [1.29, 1.82) is 0 Å². The molecule has 4 heterocycles. The largest absolute Gasteiger partial charge is 0.460 e. The third kappa shape index (κ3) is 4.05. The second-order valence-electron chi connectivity index (χ2n) is 7.62. The van der Waals surface area contributed by atoms with Crippen LogP contribution in [0.1, 0.15) is 18.6 Å². The quantitative estimate of drug-likeness (QED) is 0.456. The smallest absolute Gasteiger partial charge is 0.281 e. The van der Waals surface area contributed by atoms with Gasteiger partial charge in [0, 0.05) is 17.8 Å². The summed E-state index contributed by atoms with van der Waals surface area (Å²) in [4.78, 5) is 10.9. The van der Waals surface area contributed by atoms with Crippen LogP contribution in [0.5, 0.6) is 10.9 Å². The number of rotatable bonds is 5. The number of nitrogens with zero attached hydrogens (tertiary/aromatic N) is 3. The molecular weight excluding hydrogens is 422 g/mol. The Balaban J connectivity index is 1.28. The molecule has 1 fully saturated rings. The highest BCUT2D eigenvalue weighted by Gasteiger charge is 2.27. The monoisotopic (exact) mass is 443 g/mol. The minimum absolute atomic E-state index is 0.221. The fraction of sp³-hybridized carbons (Fsp3) is 0.333. The van der Waals surface area contributed by atoms with Gasteiger partial charge in [-0.05, 0) is 62.3 Å². The first-order valence-electron chi connectivity index (χ1n) is 9.77. The van der Waals surface area contributed by atoms with Gasteiger partial charge in [-0.2, -0.15) is 4.98 Å². The molecule has 3 aromatic heterocycles. The zero-order valence-electron chi connectivity index (χ0n) is 16.4. The number of piperidine rings is 1. The first-order chi connectivity index (χ1) is 14.4. The summed E-state index contributed by atoms with van der Waals surface area (Å²) in [5.41, 5.74) is 1.48. The van der Waals surface area contributed by atoms with Crippen LogP contribution in [0.4, 0.5) is 0 Å². The van der Waals surface area contributed by atoms with Crippen LogP contribution in [-0.2, 0) is 16.4 Å². The molecule has 9 heteroatoms. The van der Waals surface area contributed by atoms with Crippen LogP contribution in [0.3, 0.4) is 0 Å². The number of likely N-dealkylation sites (tertiary alicyclic amines) is 1. The number of pyridine rings is 1. The molecule has 4 aromatic rings. The van der Waals surface area contributed by atoms with Gasteiger partial charge in [-0.15, -0.1) is 0 Å². The van der Waals surface area contributed by atoms with Crippen LogP contribution in [0.15, 0.2) is 47.0 Å². The Morgan fingerprint density at radius 2 is 2.07 bits per heavy atom. The van der Waals surface area contributed by atoms with Gasteiger partial charge in [0.2, 0.25) is 0 Å². The van der Waals surface area contributed by atoms with Gasteiger partial charge in [0.05, 0.1) is 16.5 Å². The Bertz CT molecular complexity index is 1270. The molecule has 0 N–H and O–H groups in total. The molecule has 7 nitrogen and oxygen atoms in total. The molecule has 5 rings (SSSR count). The molecule has 0 unspecified atom stereocenters. The van der Waals surface area contributed by atoms with Gasteiger partial charge in [-0.1, -0.05) is 11.3 Å². The van der Waals surface area contributed by atoms with Gasteiger partial charge in [0.15, 0.2) is 5.65 Å². The van der Waals surface area contributed by atoms with Crippen molar-refractivity contribution in [2.75, 3.05) is 19.3 Å². The minimum atomic E-state index is -2.95. The first kappa shape index (κ1) is 19.5. The number of fused-ring (bicyclic) bond motifs is 2. The number of thiazole rings is 1. The van der Waals surface area contributed by atoms with E-state index in [4.69, 9.17) is 9.15 Å². The summed E-state index contributed by atoms with van der Waals surface area (Å²) in [6.07, 6.45) is 4.40. The van der Waals surface area contributed by atoms with E-state index >= 15 is 0 Å². The second-order valence-corrected chi connectivity index (χ2v) is 10.9. The molecular formula is C21H21N3O4S2. The van der Waals surface area contributed by atoms with Gasteiger partial charge < -0.3 is 9.15 Å². The number of aromatic nitrogens is 2. The molecule has 30 heavy (non-hydrogen) atoms. The molecule has 0 aliphatic carbocycles. The Morgan fingerprint density at radius 3 is 2.83 bits per heavy atom. The maximum absolute atomic E-state index is 11.7. The van der Waals surface area contributed by atoms with Gasteiger partial charge >= 0.3 is 0 Å². The molecule has 0 amide bonds. The fourth-order valence-electron chi connectivity index (χ4n) is 3.83. The van der Waals surface area contributed by atoms with E-state index in [-0.39, 0.29) is 5.25 Å². The maximum Gasteiger partial charge on any atom is 0.281 e. The lowest BCUT2D eigenvalue weighted by molar-refractivity contribution is 0.208. The standard InChI is InChI=1S/C21H21N3O4S2/c1-30(25,26)17-6-9-24(10-7-17)13-16-12-14-11-15(4-5-18(14)27-16)28-21-23-20-19(29-21)3-2-8-22-20/h2-5,8,11-12,17H,6-7,9-10,13H2,1H3. The Kier molecular flexibility index (Phi) is 4.96. The van der Waals surface area contributed by atoms with Crippen molar-refractivity contribution in [1.82, 2.24) is 14.9 Å². The predicted molar refractivity (Wildman–Crippen MR) is 117 cm³/mol. The molecule has 0 spiro atoms. The Morgan fingerprint density at radius 1 is 1.23 bits per heavy atom. The average Bonchev–Trinajstić information content (AvgIpc) is 3.30. The highest BCUT2D eigenvalue weighted by atomic mass is 32.2. The minimum Gasteiger partial charge on any atom is -0.460 e. The number of hydrogen-bond donors (Lipinski definition) is 0. The summed E-state index contributed by atoms with van der Waals surface area (Å²) in [6, 6.07) is 11.6. The van der Waals surface area contributed by atoms with Crippen LogP contribution < -0.4 is 4.74 Å². The number of ether oxygens (including phenoxy) is 1.